The predicted octanol–water partition coefficient (Wildman–Crippen LogP) is 3.14. The Balaban J connectivity index is 1.60. The molecule has 1 aliphatic heterocycles. The van der Waals surface area contributed by atoms with Crippen molar-refractivity contribution in [3.05, 3.63) is 35.6 Å². The van der Waals surface area contributed by atoms with Gasteiger partial charge in [-0.15, -0.1) is 0 Å². The molecule has 1 saturated heterocycles. The normalized spacial score (nSPS) is 20.4. The van der Waals surface area contributed by atoms with E-state index in [1.807, 2.05) is 12.1 Å². The van der Waals surface area contributed by atoms with Gasteiger partial charge in [0.1, 0.15) is 5.82 Å². The number of hydrogen-bond acceptors (Lipinski definition) is 2. The van der Waals surface area contributed by atoms with Crippen molar-refractivity contribution in [2.24, 2.45) is 5.92 Å². The number of nitrogens with zero attached hydrogens (tertiary/aromatic N) is 1. The number of urea groups is 1. The first-order chi connectivity index (χ1) is 12.0. The minimum absolute atomic E-state index is 0.122. The van der Waals surface area contributed by atoms with Gasteiger partial charge in [-0.05, 0) is 43.4 Å². The topological polar surface area (TPSA) is 69.6 Å². The van der Waals surface area contributed by atoms with Crippen LogP contribution in [-0.4, -0.2) is 41.6 Å². The summed E-state index contributed by atoms with van der Waals surface area (Å²) in [6.07, 6.45) is 5.20. The first-order valence-electron chi connectivity index (χ1n) is 9.02. The molecular formula is C19H25FN2O3. The van der Waals surface area contributed by atoms with Gasteiger partial charge in [0.05, 0.1) is 5.92 Å². The number of piperidine rings is 1. The molecule has 25 heavy (non-hydrogen) atoms. The number of carboxylic acids is 1. The lowest BCUT2D eigenvalue weighted by atomic mass is 9.79. The number of carbonyl (C=O) groups is 2. The van der Waals surface area contributed by atoms with Crippen molar-refractivity contribution in [2.75, 3.05) is 19.6 Å². The Hall–Kier alpha value is -2.11. The summed E-state index contributed by atoms with van der Waals surface area (Å²) >= 11 is 0. The average molecular weight is 348 g/mol. The monoisotopic (exact) mass is 348 g/mol. The van der Waals surface area contributed by atoms with Gasteiger partial charge in [-0.1, -0.05) is 25.0 Å². The summed E-state index contributed by atoms with van der Waals surface area (Å²) in [6, 6.07) is 6.48. The van der Waals surface area contributed by atoms with Crippen LogP contribution in [0.2, 0.25) is 0 Å². The highest BCUT2D eigenvalue weighted by atomic mass is 19.1. The molecule has 1 saturated carbocycles. The van der Waals surface area contributed by atoms with E-state index in [2.05, 4.69) is 5.32 Å². The summed E-state index contributed by atoms with van der Waals surface area (Å²) < 4.78 is 13.2. The molecule has 1 aromatic rings. The summed E-state index contributed by atoms with van der Waals surface area (Å²) in [5.74, 6) is -1.37. The van der Waals surface area contributed by atoms with Crippen LogP contribution in [0.15, 0.2) is 24.3 Å². The van der Waals surface area contributed by atoms with E-state index in [0.29, 0.717) is 32.5 Å². The zero-order valence-electron chi connectivity index (χ0n) is 14.3. The van der Waals surface area contributed by atoms with Crippen molar-refractivity contribution in [2.45, 2.75) is 43.9 Å². The summed E-state index contributed by atoms with van der Waals surface area (Å²) in [7, 11) is 0. The van der Waals surface area contributed by atoms with Gasteiger partial charge < -0.3 is 15.3 Å². The highest BCUT2D eigenvalue weighted by Crippen LogP contribution is 2.40. The van der Waals surface area contributed by atoms with Gasteiger partial charge >= 0.3 is 12.0 Å². The van der Waals surface area contributed by atoms with Crippen molar-refractivity contribution < 1.29 is 19.1 Å². The van der Waals surface area contributed by atoms with Crippen LogP contribution in [0, 0.1) is 11.7 Å². The van der Waals surface area contributed by atoms with Crippen molar-refractivity contribution in [3.8, 4) is 0 Å². The molecule has 0 radical (unpaired) electrons. The van der Waals surface area contributed by atoms with Crippen molar-refractivity contribution in [1.29, 1.82) is 0 Å². The summed E-state index contributed by atoms with van der Waals surface area (Å²) in [5.41, 5.74) is 0.958. The van der Waals surface area contributed by atoms with Crippen molar-refractivity contribution in [3.63, 3.8) is 0 Å². The Morgan fingerprint density at radius 2 is 1.76 bits per heavy atom. The third kappa shape index (κ3) is 3.94. The number of nitrogens with one attached hydrogen (secondary N) is 1. The molecule has 2 N–H and O–H groups in total. The summed E-state index contributed by atoms with van der Waals surface area (Å²) in [5, 5.41) is 12.1. The van der Waals surface area contributed by atoms with E-state index < -0.39 is 5.97 Å². The van der Waals surface area contributed by atoms with E-state index in [0.717, 1.165) is 31.2 Å². The van der Waals surface area contributed by atoms with Crippen LogP contribution in [-0.2, 0) is 10.2 Å². The number of carbonyl (C=O) groups excluding carboxylic acids is 1. The first kappa shape index (κ1) is 17.7. The van der Waals surface area contributed by atoms with E-state index in [1.165, 1.54) is 12.1 Å². The van der Waals surface area contributed by atoms with Gasteiger partial charge in [0, 0.05) is 25.0 Å². The van der Waals surface area contributed by atoms with Crippen molar-refractivity contribution >= 4 is 12.0 Å². The number of aliphatic carboxylic acids is 1. The van der Waals surface area contributed by atoms with Crippen LogP contribution in [0.1, 0.15) is 44.1 Å². The van der Waals surface area contributed by atoms with Gasteiger partial charge in [-0.2, -0.15) is 0 Å². The number of halogens is 1. The Morgan fingerprint density at radius 1 is 1.16 bits per heavy atom. The zero-order valence-corrected chi connectivity index (χ0v) is 14.3. The second-order valence-corrected chi connectivity index (χ2v) is 7.25. The third-order valence-electron chi connectivity index (χ3n) is 5.73. The molecule has 0 atom stereocenters. The molecule has 1 aliphatic carbocycles. The first-order valence-corrected chi connectivity index (χ1v) is 9.02. The van der Waals surface area contributed by atoms with E-state index in [1.54, 1.807) is 4.90 Å². The number of benzene rings is 1. The molecule has 5 nitrogen and oxygen atoms in total. The van der Waals surface area contributed by atoms with Crippen LogP contribution in [0.3, 0.4) is 0 Å². The molecule has 1 heterocycles. The number of likely N-dealkylation sites (tertiary alicyclic amines) is 1. The smallest absolute Gasteiger partial charge is 0.317 e. The molecular weight excluding hydrogens is 323 g/mol. The zero-order chi connectivity index (χ0) is 17.9. The molecule has 136 valence electrons. The molecule has 0 aromatic heterocycles. The quantitative estimate of drug-likeness (QED) is 0.878. The number of hydrogen-bond donors (Lipinski definition) is 2. The SMILES string of the molecule is O=C(O)C1CCN(C(=O)NCC2(c3ccc(F)cc3)CCCC2)CC1. The molecule has 3 rings (SSSR count). The van der Waals surface area contributed by atoms with Gasteiger partial charge in [0.15, 0.2) is 0 Å². The number of carboxylic acid groups (broad SMARTS) is 1. The van der Waals surface area contributed by atoms with Crippen molar-refractivity contribution in [1.82, 2.24) is 10.2 Å². The molecule has 0 spiro atoms. The Kier molecular flexibility index (Phi) is 5.25. The Labute approximate surface area is 147 Å². The fourth-order valence-corrected chi connectivity index (χ4v) is 4.11. The van der Waals surface area contributed by atoms with Crippen LogP contribution in [0.4, 0.5) is 9.18 Å². The fraction of sp³-hybridized carbons (Fsp3) is 0.579. The predicted molar refractivity (Wildman–Crippen MR) is 91.9 cm³/mol. The minimum atomic E-state index is -0.777. The molecule has 0 bridgehead atoms. The summed E-state index contributed by atoms with van der Waals surface area (Å²) in [6.45, 7) is 1.50. The third-order valence-corrected chi connectivity index (χ3v) is 5.73. The van der Waals surface area contributed by atoms with E-state index >= 15 is 0 Å². The average Bonchev–Trinajstić information content (AvgIpc) is 3.10. The highest BCUT2D eigenvalue weighted by Gasteiger charge is 2.36. The standard InChI is InChI=1S/C19H25FN2O3/c20-16-5-3-15(4-6-16)19(9-1-2-10-19)13-21-18(25)22-11-7-14(8-12-22)17(23)24/h3-6,14H,1-2,7-13H2,(H,21,25)(H,23,24). The molecule has 2 aliphatic rings. The minimum Gasteiger partial charge on any atom is -0.481 e. The summed E-state index contributed by atoms with van der Waals surface area (Å²) in [4.78, 5) is 25.2. The molecule has 6 heteroatoms. The Morgan fingerprint density at radius 3 is 2.32 bits per heavy atom. The van der Waals surface area contributed by atoms with E-state index in [9.17, 15) is 14.0 Å². The van der Waals surface area contributed by atoms with E-state index in [-0.39, 0.29) is 23.2 Å². The second-order valence-electron chi connectivity index (χ2n) is 7.25. The lowest BCUT2D eigenvalue weighted by Crippen LogP contribution is -2.48. The molecule has 2 fully saturated rings. The highest BCUT2D eigenvalue weighted by molar-refractivity contribution is 5.75. The lowest BCUT2D eigenvalue weighted by molar-refractivity contribution is -0.143. The maximum Gasteiger partial charge on any atom is 0.317 e. The van der Waals surface area contributed by atoms with Gasteiger partial charge in [-0.3, -0.25) is 4.79 Å². The second kappa shape index (κ2) is 7.42. The fourth-order valence-electron chi connectivity index (χ4n) is 4.11. The molecule has 0 unspecified atom stereocenters. The largest absolute Gasteiger partial charge is 0.481 e. The Bertz CT molecular complexity index is 618. The van der Waals surface area contributed by atoms with Gasteiger partial charge in [0.25, 0.3) is 0 Å². The van der Waals surface area contributed by atoms with Gasteiger partial charge in [0.2, 0.25) is 0 Å². The van der Waals surface area contributed by atoms with E-state index in [4.69, 9.17) is 5.11 Å². The number of rotatable bonds is 4. The maximum absolute atomic E-state index is 13.2. The van der Waals surface area contributed by atoms with Gasteiger partial charge in [-0.25, -0.2) is 9.18 Å². The lowest BCUT2D eigenvalue weighted by Gasteiger charge is -2.34. The van der Waals surface area contributed by atoms with Crippen LogP contribution < -0.4 is 5.32 Å². The van der Waals surface area contributed by atoms with Crippen LogP contribution >= 0.6 is 0 Å². The van der Waals surface area contributed by atoms with Crippen LogP contribution in [0.25, 0.3) is 0 Å². The number of amides is 2. The molecule has 2 amide bonds. The maximum atomic E-state index is 13.2. The molecule has 1 aromatic carbocycles. The van der Waals surface area contributed by atoms with Crippen LogP contribution in [0.5, 0.6) is 0 Å².